The van der Waals surface area contributed by atoms with Crippen LogP contribution in [0.15, 0.2) is 60.3 Å². The second-order valence-electron chi connectivity index (χ2n) is 5.89. The van der Waals surface area contributed by atoms with Gasteiger partial charge in [0.1, 0.15) is 12.4 Å². The van der Waals surface area contributed by atoms with E-state index in [-0.39, 0.29) is 0 Å². The molecule has 2 aromatic carbocycles. The van der Waals surface area contributed by atoms with Crippen molar-refractivity contribution in [1.29, 1.82) is 0 Å². The van der Waals surface area contributed by atoms with Gasteiger partial charge in [-0.15, -0.1) is 16.8 Å². The van der Waals surface area contributed by atoms with E-state index in [9.17, 15) is 0 Å². The third-order valence-corrected chi connectivity index (χ3v) is 5.60. The standard InChI is InChI=1S/C20H19Cl2N3OS/c1-3-11-25-19(12-26-15-9-7-14(2)8-10-15)23-24-20(25)27-13-16-17(21)5-4-6-18(16)22/h3-10H,1,11-13H2,2H3. The van der Waals surface area contributed by atoms with Crippen LogP contribution in [0.3, 0.4) is 0 Å². The van der Waals surface area contributed by atoms with Gasteiger partial charge in [-0.25, -0.2) is 0 Å². The van der Waals surface area contributed by atoms with Crippen LogP contribution in [-0.4, -0.2) is 14.8 Å². The molecule has 0 saturated heterocycles. The Morgan fingerprint density at radius 1 is 1.11 bits per heavy atom. The Morgan fingerprint density at radius 2 is 1.81 bits per heavy atom. The highest BCUT2D eigenvalue weighted by molar-refractivity contribution is 7.98. The number of thioether (sulfide) groups is 1. The summed E-state index contributed by atoms with van der Waals surface area (Å²) >= 11 is 14.0. The predicted molar refractivity (Wildman–Crippen MR) is 112 cm³/mol. The van der Waals surface area contributed by atoms with Crippen LogP contribution in [-0.2, 0) is 18.9 Å². The van der Waals surface area contributed by atoms with Crippen LogP contribution < -0.4 is 4.74 Å². The Morgan fingerprint density at radius 3 is 2.48 bits per heavy atom. The van der Waals surface area contributed by atoms with Crippen LogP contribution in [0.1, 0.15) is 17.0 Å². The van der Waals surface area contributed by atoms with Gasteiger partial charge in [0, 0.05) is 22.3 Å². The minimum atomic E-state index is 0.331. The van der Waals surface area contributed by atoms with E-state index in [1.54, 1.807) is 0 Å². The first-order valence-electron chi connectivity index (χ1n) is 8.36. The lowest BCUT2D eigenvalue weighted by molar-refractivity contribution is 0.289. The van der Waals surface area contributed by atoms with Crippen molar-refractivity contribution in [2.24, 2.45) is 0 Å². The number of aromatic nitrogens is 3. The van der Waals surface area contributed by atoms with Gasteiger partial charge in [0.05, 0.1) is 0 Å². The van der Waals surface area contributed by atoms with E-state index in [2.05, 4.69) is 16.8 Å². The van der Waals surface area contributed by atoms with Crippen molar-refractivity contribution < 1.29 is 4.74 Å². The molecule has 3 aromatic rings. The van der Waals surface area contributed by atoms with Gasteiger partial charge in [-0.1, -0.05) is 64.8 Å². The molecule has 0 aliphatic heterocycles. The number of hydrogen-bond donors (Lipinski definition) is 0. The van der Waals surface area contributed by atoms with Crippen LogP contribution in [0.4, 0.5) is 0 Å². The molecule has 0 N–H and O–H groups in total. The Labute approximate surface area is 173 Å². The minimum Gasteiger partial charge on any atom is -0.486 e. The number of nitrogens with zero attached hydrogens (tertiary/aromatic N) is 3. The van der Waals surface area contributed by atoms with Crippen LogP contribution in [0.2, 0.25) is 10.0 Å². The molecule has 0 aliphatic rings. The van der Waals surface area contributed by atoms with Gasteiger partial charge in [-0.3, -0.25) is 4.57 Å². The lowest BCUT2D eigenvalue weighted by Crippen LogP contribution is -2.07. The summed E-state index contributed by atoms with van der Waals surface area (Å²) in [5, 5.41) is 10.6. The van der Waals surface area contributed by atoms with Crippen LogP contribution in [0.25, 0.3) is 0 Å². The van der Waals surface area contributed by atoms with E-state index in [4.69, 9.17) is 27.9 Å². The number of allylic oxidation sites excluding steroid dienone is 1. The lowest BCUT2D eigenvalue weighted by Gasteiger charge is -2.10. The zero-order valence-electron chi connectivity index (χ0n) is 14.9. The summed E-state index contributed by atoms with van der Waals surface area (Å²) in [5.41, 5.74) is 2.07. The molecule has 0 radical (unpaired) electrons. The van der Waals surface area contributed by atoms with Crippen molar-refractivity contribution in [1.82, 2.24) is 14.8 Å². The number of benzene rings is 2. The predicted octanol–water partition coefficient (Wildman–Crippen LogP) is 5.95. The first kappa shape index (κ1) is 19.8. The monoisotopic (exact) mass is 419 g/mol. The number of aryl methyl sites for hydroxylation is 1. The van der Waals surface area contributed by atoms with Crippen molar-refractivity contribution in [2.45, 2.75) is 31.0 Å². The van der Waals surface area contributed by atoms with Gasteiger partial charge in [-0.2, -0.15) is 0 Å². The molecule has 0 unspecified atom stereocenters. The van der Waals surface area contributed by atoms with E-state index < -0.39 is 0 Å². The first-order chi connectivity index (χ1) is 13.1. The fourth-order valence-electron chi connectivity index (χ4n) is 2.43. The molecule has 27 heavy (non-hydrogen) atoms. The summed E-state index contributed by atoms with van der Waals surface area (Å²) in [6.07, 6.45) is 1.81. The maximum absolute atomic E-state index is 6.25. The molecular formula is C20H19Cl2N3OS. The quantitative estimate of drug-likeness (QED) is 0.334. The highest BCUT2D eigenvalue weighted by atomic mass is 35.5. The van der Waals surface area contributed by atoms with E-state index in [0.717, 1.165) is 22.3 Å². The van der Waals surface area contributed by atoms with Gasteiger partial charge in [0.25, 0.3) is 0 Å². The summed E-state index contributed by atoms with van der Waals surface area (Å²) in [4.78, 5) is 0. The second kappa shape index (κ2) is 9.31. The maximum atomic E-state index is 6.25. The molecule has 0 amide bonds. The Balaban J connectivity index is 1.72. The summed E-state index contributed by atoms with van der Waals surface area (Å²) < 4.78 is 7.82. The fraction of sp³-hybridized carbons (Fsp3) is 0.200. The molecule has 4 nitrogen and oxygen atoms in total. The largest absolute Gasteiger partial charge is 0.486 e. The molecule has 0 bridgehead atoms. The zero-order valence-corrected chi connectivity index (χ0v) is 17.2. The molecule has 0 saturated carbocycles. The van der Waals surface area contributed by atoms with E-state index in [1.165, 1.54) is 17.3 Å². The molecular weight excluding hydrogens is 401 g/mol. The number of hydrogen-bond acceptors (Lipinski definition) is 4. The highest BCUT2D eigenvalue weighted by Crippen LogP contribution is 2.31. The van der Waals surface area contributed by atoms with Crippen molar-refractivity contribution in [2.75, 3.05) is 0 Å². The van der Waals surface area contributed by atoms with Crippen LogP contribution in [0, 0.1) is 6.92 Å². The number of halogens is 2. The van der Waals surface area contributed by atoms with Gasteiger partial charge < -0.3 is 4.74 Å². The summed E-state index contributed by atoms with van der Waals surface area (Å²) in [7, 11) is 0. The zero-order chi connectivity index (χ0) is 19.2. The van der Waals surface area contributed by atoms with Gasteiger partial charge >= 0.3 is 0 Å². The fourth-order valence-corrected chi connectivity index (χ4v) is 4.14. The maximum Gasteiger partial charge on any atom is 0.191 e. The summed E-state index contributed by atoms with van der Waals surface area (Å²) in [6, 6.07) is 13.4. The van der Waals surface area contributed by atoms with Gasteiger partial charge in [0.2, 0.25) is 0 Å². The van der Waals surface area contributed by atoms with Crippen molar-refractivity contribution in [3.8, 4) is 5.75 Å². The van der Waals surface area contributed by atoms with E-state index in [1.807, 2.05) is 60.0 Å². The second-order valence-corrected chi connectivity index (χ2v) is 7.65. The molecule has 1 heterocycles. The molecule has 0 fully saturated rings. The Bertz CT molecular complexity index is 905. The van der Waals surface area contributed by atoms with Crippen molar-refractivity contribution >= 4 is 35.0 Å². The third kappa shape index (κ3) is 5.06. The van der Waals surface area contributed by atoms with Crippen molar-refractivity contribution in [3.63, 3.8) is 0 Å². The van der Waals surface area contributed by atoms with E-state index >= 15 is 0 Å². The highest BCUT2D eigenvalue weighted by Gasteiger charge is 2.14. The molecule has 0 atom stereocenters. The molecule has 7 heteroatoms. The minimum absolute atomic E-state index is 0.331. The summed E-state index contributed by atoms with van der Waals surface area (Å²) in [5.74, 6) is 2.14. The smallest absolute Gasteiger partial charge is 0.191 e. The first-order valence-corrected chi connectivity index (χ1v) is 10.1. The molecule has 1 aromatic heterocycles. The van der Waals surface area contributed by atoms with E-state index in [0.29, 0.717) is 28.9 Å². The van der Waals surface area contributed by atoms with Gasteiger partial charge in [-0.05, 0) is 36.8 Å². The average Bonchev–Trinajstić information content (AvgIpc) is 3.03. The molecule has 3 rings (SSSR count). The van der Waals surface area contributed by atoms with Gasteiger partial charge in [0.15, 0.2) is 11.0 Å². The van der Waals surface area contributed by atoms with Crippen LogP contribution >= 0.6 is 35.0 Å². The van der Waals surface area contributed by atoms with Crippen molar-refractivity contribution in [3.05, 3.63) is 82.1 Å². The average molecular weight is 420 g/mol. The number of ether oxygens (including phenoxy) is 1. The Hall–Kier alpha value is -1.95. The number of rotatable bonds is 8. The lowest BCUT2D eigenvalue weighted by atomic mass is 10.2. The van der Waals surface area contributed by atoms with Crippen LogP contribution in [0.5, 0.6) is 5.75 Å². The molecule has 140 valence electrons. The Kier molecular flexibility index (Phi) is 6.83. The summed E-state index contributed by atoms with van der Waals surface area (Å²) in [6.45, 7) is 6.79. The SMILES string of the molecule is C=CCn1c(COc2ccc(C)cc2)nnc1SCc1c(Cl)cccc1Cl. The normalized spacial score (nSPS) is 10.8. The topological polar surface area (TPSA) is 39.9 Å². The molecule has 0 aliphatic carbocycles. The molecule has 0 spiro atoms. The third-order valence-electron chi connectivity index (χ3n) is 3.90.